The molecular weight excluding hydrogens is 224 g/mol. The first-order chi connectivity index (χ1) is 7.91. The molecule has 0 N–H and O–H groups in total. The van der Waals surface area contributed by atoms with E-state index in [4.69, 9.17) is 0 Å². The van der Waals surface area contributed by atoms with Crippen LogP contribution in [0, 0.1) is 0 Å². The molecule has 0 spiro atoms. The predicted molar refractivity (Wildman–Crippen MR) is 77.4 cm³/mol. The van der Waals surface area contributed by atoms with Crippen molar-refractivity contribution in [2.75, 3.05) is 0 Å². The largest absolute Gasteiger partial charge is 0.0654 e. The summed E-state index contributed by atoms with van der Waals surface area (Å²) in [6, 6.07) is 1.38. The molecule has 0 rings (SSSR count). The molecule has 0 aromatic carbocycles. The van der Waals surface area contributed by atoms with Crippen molar-refractivity contribution in [2.45, 2.75) is 90.0 Å². The van der Waals surface area contributed by atoms with E-state index < -0.39 is 0 Å². The van der Waals surface area contributed by atoms with Crippen LogP contribution in [-0.4, -0.2) is 18.8 Å². The van der Waals surface area contributed by atoms with Gasteiger partial charge in [0.25, 0.3) is 0 Å². The summed E-state index contributed by atoms with van der Waals surface area (Å²) >= 11 is 0. The van der Waals surface area contributed by atoms with Gasteiger partial charge in [-0.2, -0.15) is 0 Å². The maximum absolute atomic E-state index is 3.55. The molecular formula is C14H29Si2. The summed E-state index contributed by atoms with van der Waals surface area (Å²) in [5, 5.41) is 0. The van der Waals surface area contributed by atoms with Crippen LogP contribution in [0.15, 0.2) is 0 Å². The first-order valence-electron chi connectivity index (χ1n) is 7.31. The highest BCUT2D eigenvalue weighted by molar-refractivity contribution is 6.89. The zero-order valence-corrected chi connectivity index (χ0v) is 13.2. The molecule has 0 heterocycles. The Hall–Kier alpha value is 0.434. The van der Waals surface area contributed by atoms with E-state index in [1.54, 1.807) is 0 Å². The average molecular weight is 254 g/mol. The summed E-state index contributed by atoms with van der Waals surface area (Å²) in [5.41, 5.74) is 0. The summed E-state index contributed by atoms with van der Waals surface area (Å²) in [5.74, 6) is 0. The van der Waals surface area contributed by atoms with Crippen LogP contribution in [0.4, 0.5) is 0 Å². The molecule has 0 aromatic heterocycles. The highest BCUT2D eigenvalue weighted by atomic mass is 29.1. The lowest BCUT2D eigenvalue weighted by Gasteiger charge is -2.02. The number of unbranched alkanes of at least 4 members (excludes halogenated alkanes) is 11. The fourth-order valence-corrected chi connectivity index (χ4v) is 3.01. The number of rotatable bonds is 13. The van der Waals surface area contributed by atoms with Crippen molar-refractivity contribution in [3.63, 3.8) is 0 Å². The highest BCUT2D eigenvalue weighted by Crippen LogP contribution is 2.12. The number of hydrogen-bond donors (Lipinski definition) is 0. The molecule has 0 fully saturated rings. The maximum atomic E-state index is 3.55. The minimum atomic E-state index is 0.975. The van der Waals surface area contributed by atoms with E-state index in [2.05, 4.69) is 16.7 Å². The van der Waals surface area contributed by atoms with Gasteiger partial charge in [-0.1, -0.05) is 90.0 Å². The average Bonchev–Trinajstić information content (AvgIpc) is 2.31. The van der Waals surface area contributed by atoms with Gasteiger partial charge in [-0.15, -0.1) is 0 Å². The molecule has 0 bridgehead atoms. The van der Waals surface area contributed by atoms with Crippen molar-refractivity contribution in [1.29, 1.82) is 0 Å². The van der Waals surface area contributed by atoms with Gasteiger partial charge in [-0.05, 0) is 0 Å². The van der Waals surface area contributed by atoms with Gasteiger partial charge in [0.2, 0.25) is 0 Å². The minimum Gasteiger partial charge on any atom is -0.0654 e. The van der Waals surface area contributed by atoms with Crippen molar-refractivity contribution in [3.05, 3.63) is 0 Å². The Balaban J connectivity index is 2.83. The van der Waals surface area contributed by atoms with Gasteiger partial charge in [-0.25, -0.2) is 0 Å². The summed E-state index contributed by atoms with van der Waals surface area (Å²) in [6.07, 6.45) is 17.5. The van der Waals surface area contributed by atoms with Gasteiger partial charge in [0.1, 0.15) is 0 Å². The zero-order chi connectivity index (χ0) is 11.9. The van der Waals surface area contributed by atoms with Gasteiger partial charge >= 0.3 is 0 Å². The Morgan fingerprint density at radius 1 is 0.625 bits per heavy atom. The normalized spacial score (nSPS) is 10.9. The first-order valence-corrected chi connectivity index (χ1v) is 10.0. The zero-order valence-electron chi connectivity index (χ0n) is 11.2. The maximum Gasteiger partial charge on any atom is 0.0180 e. The lowest BCUT2D eigenvalue weighted by atomic mass is 10.1. The van der Waals surface area contributed by atoms with Crippen molar-refractivity contribution in [1.82, 2.24) is 0 Å². The van der Waals surface area contributed by atoms with Gasteiger partial charge < -0.3 is 0 Å². The van der Waals surface area contributed by atoms with E-state index in [0.29, 0.717) is 0 Å². The van der Waals surface area contributed by atoms with Gasteiger partial charge in [0, 0.05) is 18.8 Å². The molecule has 5 radical (unpaired) electrons. The van der Waals surface area contributed by atoms with Gasteiger partial charge in [0.05, 0.1) is 0 Å². The topological polar surface area (TPSA) is 0 Å². The summed E-state index contributed by atoms with van der Waals surface area (Å²) in [7, 11) is 4.53. The SMILES string of the molecule is CCCCCCCCCCCCCC[Si][Si]. The van der Waals surface area contributed by atoms with Crippen LogP contribution >= 0.6 is 0 Å². The lowest BCUT2D eigenvalue weighted by molar-refractivity contribution is 0.548. The van der Waals surface area contributed by atoms with Crippen LogP contribution in [0.25, 0.3) is 0 Å². The van der Waals surface area contributed by atoms with Crippen LogP contribution in [-0.2, 0) is 0 Å². The van der Waals surface area contributed by atoms with E-state index >= 15 is 0 Å². The second kappa shape index (κ2) is 15.4. The van der Waals surface area contributed by atoms with E-state index in [1.807, 2.05) is 0 Å². The molecule has 0 aliphatic heterocycles. The minimum absolute atomic E-state index is 0.975. The fraction of sp³-hybridized carbons (Fsp3) is 1.00. The smallest absolute Gasteiger partial charge is 0.0180 e. The quantitative estimate of drug-likeness (QED) is 0.324. The van der Waals surface area contributed by atoms with E-state index in [9.17, 15) is 0 Å². The molecule has 93 valence electrons. The molecule has 0 nitrogen and oxygen atoms in total. The van der Waals surface area contributed by atoms with Crippen molar-refractivity contribution in [2.24, 2.45) is 0 Å². The Bertz CT molecular complexity index is 101. The monoisotopic (exact) mass is 253 g/mol. The fourth-order valence-electron chi connectivity index (χ4n) is 2.05. The molecule has 0 saturated carbocycles. The molecule has 2 heteroatoms. The Labute approximate surface area is 109 Å². The third-order valence-electron chi connectivity index (χ3n) is 3.16. The molecule has 0 aliphatic rings. The Kier molecular flexibility index (Phi) is 15.9. The van der Waals surface area contributed by atoms with Gasteiger partial charge in [0.15, 0.2) is 0 Å². The van der Waals surface area contributed by atoms with E-state index in [0.717, 1.165) is 9.04 Å². The van der Waals surface area contributed by atoms with Crippen molar-refractivity contribution >= 4 is 18.8 Å². The number of hydrogen-bond acceptors (Lipinski definition) is 0. The predicted octanol–water partition coefficient (Wildman–Crippen LogP) is 4.89. The molecule has 0 saturated heterocycles. The van der Waals surface area contributed by atoms with Crippen LogP contribution in [0.3, 0.4) is 0 Å². The molecule has 0 amide bonds. The lowest BCUT2D eigenvalue weighted by Crippen LogP contribution is -1.87. The van der Waals surface area contributed by atoms with Crippen LogP contribution in [0.2, 0.25) is 6.04 Å². The van der Waals surface area contributed by atoms with Crippen molar-refractivity contribution < 1.29 is 0 Å². The molecule has 16 heavy (non-hydrogen) atoms. The third-order valence-corrected chi connectivity index (χ3v) is 4.51. The summed E-state index contributed by atoms with van der Waals surface area (Å²) in [4.78, 5) is 0. The van der Waals surface area contributed by atoms with Crippen molar-refractivity contribution in [3.8, 4) is 0 Å². The Morgan fingerprint density at radius 2 is 1.00 bits per heavy atom. The van der Waals surface area contributed by atoms with Crippen LogP contribution < -0.4 is 0 Å². The molecule has 0 unspecified atom stereocenters. The first kappa shape index (κ1) is 16.4. The summed E-state index contributed by atoms with van der Waals surface area (Å²) < 4.78 is 0. The molecule has 0 atom stereocenters. The van der Waals surface area contributed by atoms with Crippen LogP contribution in [0.5, 0.6) is 0 Å². The van der Waals surface area contributed by atoms with Crippen LogP contribution in [0.1, 0.15) is 84.0 Å². The van der Waals surface area contributed by atoms with E-state index in [-0.39, 0.29) is 0 Å². The second-order valence-corrected chi connectivity index (χ2v) is 6.73. The summed E-state index contributed by atoms with van der Waals surface area (Å²) in [6.45, 7) is 2.29. The second-order valence-electron chi connectivity index (χ2n) is 4.82. The third kappa shape index (κ3) is 14.4. The molecule has 0 aromatic rings. The standard InChI is InChI=1S/C14H29Si2/c1-2-3-4-5-6-7-8-9-10-11-12-13-14-16-15/h2-14H2,1H3. The van der Waals surface area contributed by atoms with E-state index in [1.165, 1.54) is 83.1 Å². The highest BCUT2D eigenvalue weighted by Gasteiger charge is 1.92. The van der Waals surface area contributed by atoms with Gasteiger partial charge in [-0.3, -0.25) is 0 Å². The Morgan fingerprint density at radius 3 is 1.38 bits per heavy atom. The molecule has 0 aliphatic carbocycles.